The zero-order chi connectivity index (χ0) is 31.9. The highest BCUT2D eigenvalue weighted by Crippen LogP contribution is 2.37. The van der Waals surface area contributed by atoms with E-state index in [1.807, 2.05) is 43.3 Å². The third-order valence-corrected chi connectivity index (χ3v) is 9.04. The summed E-state index contributed by atoms with van der Waals surface area (Å²) in [5.74, 6) is -1.03. The standard InChI is InChI=1S/C33H32ClN3O6S2/c1-21-2-8-26(27(34)18-21)23-5-9-28(43-17-14-36-12-15-42-16-13-36)24(19-23)20-29-31(39)37(33(44)45-29)11-10-30(38)35-25-6-3-22(4-7-25)32(40)41/h2-9,18-20H,10-17H2,1H3,(H,35,38)(H,40,41)/b29-20-. The van der Waals surface area contributed by atoms with Crippen molar-refractivity contribution < 1.29 is 29.0 Å². The minimum absolute atomic E-state index is 0.0116. The van der Waals surface area contributed by atoms with Gasteiger partial charge in [-0.3, -0.25) is 19.4 Å². The Balaban J connectivity index is 1.30. The summed E-state index contributed by atoms with van der Waals surface area (Å²) >= 11 is 13.3. The number of nitrogens with zero attached hydrogens (tertiary/aromatic N) is 2. The third kappa shape index (κ3) is 8.50. The van der Waals surface area contributed by atoms with E-state index in [0.717, 1.165) is 36.3 Å². The van der Waals surface area contributed by atoms with Crippen LogP contribution < -0.4 is 10.1 Å². The summed E-state index contributed by atoms with van der Waals surface area (Å²) < 4.78 is 12.0. The number of carbonyl (C=O) groups is 3. The Morgan fingerprint density at radius 1 is 1.09 bits per heavy atom. The Hall–Kier alpha value is -3.74. The SMILES string of the molecule is Cc1ccc(-c2ccc(OCCN3CCOCC3)c(/C=C3\SC(=S)N(CCC(=O)Nc4ccc(C(=O)O)cc4)C3=O)c2)c(Cl)c1. The number of aromatic carboxylic acids is 1. The van der Waals surface area contributed by atoms with Crippen LogP contribution in [0.25, 0.3) is 17.2 Å². The fraction of sp³-hybridized carbons (Fsp3) is 0.273. The maximum atomic E-state index is 13.5. The van der Waals surface area contributed by atoms with Crippen LogP contribution in [0.1, 0.15) is 27.9 Å². The van der Waals surface area contributed by atoms with Crippen LogP contribution in [0.3, 0.4) is 0 Å². The molecule has 3 aromatic carbocycles. The lowest BCUT2D eigenvalue weighted by atomic mass is 10.0. The van der Waals surface area contributed by atoms with Gasteiger partial charge in [0, 0.05) is 54.4 Å². The molecular weight excluding hydrogens is 634 g/mol. The lowest BCUT2D eigenvalue weighted by molar-refractivity contribution is -0.122. The Bertz CT molecular complexity index is 1640. The molecule has 0 bridgehead atoms. The number of carboxylic acid groups (broad SMARTS) is 1. The van der Waals surface area contributed by atoms with Crippen molar-refractivity contribution in [1.29, 1.82) is 0 Å². The van der Waals surface area contributed by atoms with Gasteiger partial charge in [-0.2, -0.15) is 0 Å². The molecule has 2 amide bonds. The summed E-state index contributed by atoms with van der Waals surface area (Å²) in [5.41, 5.74) is 4.11. The summed E-state index contributed by atoms with van der Waals surface area (Å²) in [4.78, 5) is 41.2. The number of anilines is 1. The van der Waals surface area contributed by atoms with E-state index < -0.39 is 5.97 Å². The summed E-state index contributed by atoms with van der Waals surface area (Å²) in [6.45, 7) is 6.45. The van der Waals surface area contributed by atoms with Crippen molar-refractivity contribution in [1.82, 2.24) is 9.80 Å². The minimum atomic E-state index is -1.05. The highest BCUT2D eigenvalue weighted by atomic mass is 35.5. The number of thiocarbonyl (C=S) groups is 1. The molecule has 0 unspecified atom stereocenters. The predicted octanol–water partition coefficient (Wildman–Crippen LogP) is 5.95. The van der Waals surface area contributed by atoms with Crippen molar-refractivity contribution in [3.8, 4) is 16.9 Å². The Labute approximate surface area is 276 Å². The van der Waals surface area contributed by atoms with Gasteiger partial charge in [0.1, 0.15) is 16.7 Å². The molecule has 0 radical (unpaired) electrons. The zero-order valence-electron chi connectivity index (χ0n) is 24.6. The molecule has 2 N–H and O–H groups in total. The van der Waals surface area contributed by atoms with Gasteiger partial charge in [0.2, 0.25) is 5.91 Å². The molecule has 0 saturated carbocycles. The molecule has 45 heavy (non-hydrogen) atoms. The summed E-state index contributed by atoms with van der Waals surface area (Å²) in [7, 11) is 0. The van der Waals surface area contributed by atoms with E-state index in [0.29, 0.717) is 51.1 Å². The van der Waals surface area contributed by atoms with Gasteiger partial charge in [-0.25, -0.2) is 4.79 Å². The van der Waals surface area contributed by atoms with E-state index in [1.54, 1.807) is 6.08 Å². The second-order valence-corrected chi connectivity index (χ2v) is 12.6. The Kier molecular flexibility index (Phi) is 10.9. The van der Waals surface area contributed by atoms with Crippen LogP contribution in [-0.4, -0.2) is 83.0 Å². The zero-order valence-corrected chi connectivity index (χ0v) is 27.0. The number of thioether (sulfide) groups is 1. The van der Waals surface area contributed by atoms with E-state index in [2.05, 4.69) is 10.2 Å². The van der Waals surface area contributed by atoms with Gasteiger partial charge >= 0.3 is 5.97 Å². The molecular formula is C33H32ClN3O6S2. The molecule has 2 saturated heterocycles. The molecule has 2 aliphatic rings. The van der Waals surface area contributed by atoms with Gasteiger partial charge in [0.15, 0.2) is 0 Å². The van der Waals surface area contributed by atoms with Crippen molar-refractivity contribution >= 4 is 69.4 Å². The number of carboxylic acids is 1. The fourth-order valence-corrected chi connectivity index (χ4v) is 6.53. The monoisotopic (exact) mass is 665 g/mol. The number of nitrogens with one attached hydrogen (secondary N) is 1. The second-order valence-electron chi connectivity index (χ2n) is 10.6. The number of aryl methyl sites for hydroxylation is 1. The number of rotatable bonds is 11. The number of hydrogen-bond acceptors (Lipinski definition) is 8. The first kappa shape index (κ1) is 32.6. The van der Waals surface area contributed by atoms with Gasteiger partial charge in [0.25, 0.3) is 5.91 Å². The molecule has 2 aliphatic heterocycles. The smallest absolute Gasteiger partial charge is 0.335 e. The minimum Gasteiger partial charge on any atom is -0.492 e. The molecule has 2 fully saturated rings. The van der Waals surface area contributed by atoms with Crippen molar-refractivity contribution in [2.24, 2.45) is 0 Å². The number of benzene rings is 3. The van der Waals surface area contributed by atoms with Gasteiger partial charge in [-0.05, 0) is 66.6 Å². The molecule has 0 aliphatic carbocycles. The highest BCUT2D eigenvalue weighted by molar-refractivity contribution is 8.26. The van der Waals surface area contributed by atoms with Crippen LogP contribution in [-0.2, 0) is 14.3 Å². The molecule has 0 aromatic heterocycles. The predicted molar refractivity (Wildman–Crippen MR) is 181 cm³/mol. The van der Waals surface area contributed by atoms with E-state index in [4.69, 9.17) is 38.4 Å². The first-order valence-electron chi connectivity index (χ1n) is 14.4. The number of carbonyl (C=O) groups excluding carboxylic acids is 2. The number of halogens is 1. The van der Waals surface area contributed by atoms with Crippen LogP contribution >= 0.6 is 35.6 Å². The quantitative estimate of drug-likeness (QED) is 0.190. The normalized spacial score (nSPS) is 16.3. The number of morpholine rings is 1. The van der Waals surface area contributed by atoms with E-state index in [-0.39, 0.29) is 30.3 Å². The molecule has 9 nitrogen and oxygen atoms in total. The summed E-state index contributed by atoms with van der Waals surface area (Å²) in [6, 6.07) is 17.5. The van der Waals surface area contributed by atoms with Crippen molar-refractivity contribution in [2.45, 2.75) is 13.3 Å². The topological polar surface area (TPSA) is 108 Å². The maximum Gasteiger partial charge on any atom is 0.335 e. The van der Waals surface area contributed by atoms with E-state index in [9.17, 15) is 14.4 Å². The summed E-state index contributed by atoms with van der Waals surface area (Å²) in [6.07, 6.45) is 1.79. The average molecular weight is 666 g/mol. The van der Waals surface area contributed by atoms with Crippen LogP contribution in [0.2, 0.25) is 5.02 Å². The van der Waals surface area contributed by atoms with Crippen molar-refractivity contribution in [2.75, 3.05) is 51.3 Å². The first-order chi connectivity index (χ1) is 21.7. The average Bonchev–Trinajstić information content (AvgIpc) is 3.28. The molecule has 12 heteroatoms. The summed E-state index contributed by atoms with van der Waals surface area (Å²) in [5, 5.41) is 12.4. The lowest BCUT2D eigenvalue weighted by Crippen LogP contribution is -2.38. The van der Waals surface area contributed by atoms with Gasteiger partial charge in [0.05, 0.1) is 23.7 Å². The maximum absolute atomic E-state index is 13.5. The van der Waals surface area contributed by atoms with Crippen molar-refractivity contribution in [3.63, 3.8) is 0 Å². The molecule has 0 spiro atoms. The fourth-order valence-electron chi connectivity index (χ4n) is 4.89. The van der Waals surface area contributed by atoms with E-state index in [1.165, 1.54) is 40.9 Å². The molecule has 2 heterocycles. The Morgan fingerprint density at radius 3 is 2.56 bits per heavy atom. The molecule has 3 aromatic rings. The second kappa shape index (κ2) is 15.0. The molecule has 5 rings (SSSR count). The van der Waals surface area contributed by atoms with Gasteiger partial charge in [-0.1, -0.05) is 53.8 Å². The number of amides is 2. The molecule has 0 atom stereocenters. The largest absolute Gasteiger partial charge is 0.492 e. The molecule has 234 valence electrons. The van der Waals surface area contributed by atoms with Gasteiger partial charge in [-0.15, -0.1) is 0 Å². The highest BCUT2D eigenvalue weighted by Gasteiger charge is 2.32. The number of hydrogen-bond donors (Lipinski definition) is 2. The van der Waals surface area contributed by atoms with Crippen LogP contribution in [0, 0.1) is 6.92 Å². The Morgan fingerprint density at radius 2 is 1.84 bits per heavy atom. The lowest BCUT2D eigenvalue weighted by Gasteiger charge is -2.26. The van der Waals surface area contributed by atoms with Crippen LogP contribution in [0.4, 0.5) is 5.69 Å². The third-order valence-electron chi connectivity index (χ3n) is 7.35. The number of ether oxygens (including phenoxy) is 2. The van der Waals surface area contributed by atoms with Crippen molar-refractivity contribution in [3.05, 3.63) is 87.3 Å². The van der Waals surface area contributed by atoms with Crippen LogP contribution in [0.5, 0.6) is 5.75 Å². The van der Waals surface area contributed by atoms with Gasteiger partial charge < -0.3 is 19.9 Å². The first-order valence-corrected chi connectivity index (χ1v) is 16.0. The van der Waals surface area contributed by atoms with E-state index >= 15 is 0 Å². The van der Waals surface area contributed by atoms with Crippen LogP contribution in [0.15, 0.2) is 65.6 Å².